The number of fused-ring (bicyclic) bond motifs is 1. The average molecular weight is 311 g/mol. The molecule has 2 heterocycles. The van der Waals surface area contributed by atoms with Crippen LogP contribution < -0.4 is 4.74 Å². The summed E-state index contributed by atoms with van der Waals surface area (Å²) in [5.41, 5.74) is 1.51. The van der Waals surface area contributed by atoms with E-state index < -0.39 is 0 Å². The normalized spacial score (nSPS) is 17.1. The van der Waals surface area contributed by atoms with Gasteiger partial charge in [0.1, 0.15) is 29.0 Å². The second-order valence-corrected chi connectivity index (χ2v) is 5.78. The Labute approximate surface area is 124 Å². The summed E-state index contributed by atoms with van der Waals surface area (Å²) in [5, 5.41) is 3.80. The molecule has 5 nitrogen and oxygen atoms in total. The van der Waals surface area contributed by atoms with Gasteiger partial charge in [0.25, 0.3) is 0 Å². The first-order valence-corrected chi connectivity index (χ1v) is 7.23. The highest BCUT2D eigenvalue weighted by Gasteiger charge is 2.27. The SMILES string of the molecule is O=C(OCc1nnsc1Cl)C1COc2ccccc2C1. The molecule has 0 saturated heterocycles. The number of halogens is 1. The fourth-order valence-electron chi connectivity index (χ4n) is 2.02. The molecule has 3 rings (SSSR count). The number of hydrogen-bond acceptors (Lipinski definition) is 6. The van der Waals surface area contributed by atoms with Crippen molar-refractivity contribution in [3.8, 4) is 5.75 Å². The van der Waals surface area contributed by atoms with E-state index in [0.717, 1.165) is 22.8 Å². The third-order valence-corrected chi connectivity index (χ3v) is 4.06. The number of rotatable bonds is 3. The standard InChI is InChI=1S/C13H11ClN2O3S/c14-12-10(15-16-20-12)7-19-13(17)9-5-8-3-1-2-4-11(8)18-6-9/h1-4,9H,5-7H2. The molecule has 0 saturated carbocycles. The predicted molar refractivity (Wildman–Crippen MR) is 73.8 cm³/mol. The minimum atomic E-state index is -0.302. The molecule has 0 spiro atoms. The molecule has 0 N–H and O–H groups in total. The van der Waals surface area contributed by atoms with Crippen LogP contribution in [0.15, 0.2) is 24.3 Å². The number of esters is 1. The van der Waals surface area contributed by atoms with Gasteiger partial charge < -0.3 is 9.47 Å². The first-order valence-electron chi connectivity index (χ1n) is 6.08. The molecule has 0 aliphatic carbocycles. The summed E-state index contributed by atoms with van der Waals surface area (Å²) < 4.78 is 14.9. The van der Waals surface area contributed by atoms with E-state index in [0.29, 0.717) is 23.1 Å². The molecule has 7 heteroatoms. The largest absolute Gasteiger partial charge is 0.492 e. The summed E-state index contributed by atoms with van der Waals surface area (Å²) in [5.74, 6) is 0.238. The smallest absolute Gasteiger partial charge is 0.313 e. The van der Waals surface area contributed by atoms with Crippen molar-refractivity contribution in [2.45, 2.75) is 13.0 Å². The van der Waals surface area contributed by atoms with Crippen LogP contribution >= 0.6 is 23.1 Å². The molecule has 0 bridgehead atoms. The van der Waals surface area contributed by atoms with Crippen molar-refractivity contribution in [3.63, 3.8) is 0 Å². The van der Waals surface area contributed by atoms with E-state index in [4.69, 9.17) is 21.1 Å². The maximum atomic E-state index is 12.0. The Bertz CT molecular complexity index is 632. The first kappa shape index (κ1) is 13.3. The fourth-order valence-corrected chi connectivity index (χ4v) is 2.62. The molecule has 0 radical (unpaired) electrons. The van der Waals surface area contributed by atoms with Crippen molar-refractivity contribution in [1.29, 1.82) is 0 Å². The fraction of sp³-hybridized carbons (Fsp3) is 0.308. The van der Waals surface area contributed by atoms with Gasteiger partial charge in [0.2, 0.25) is 0 Å². The molecule has 0 amide bonds. The maximum absolute atomic E-state index is 12.0. The van der Waals surface area contributed by atoms with Gasteiger partial charge in [-0.15, -0.1) is 5.10 Å². The molecule has 2 aromatic rings. The molecule has 1 aromatic carbocycles. The first-order chi connectivity index (χ1) is 9.74. The van der Waals surface area contributed by atoms with Crippen molar-refractivity contribution in [2.24, 2.45) is 5.92 Å². The second kappa shape index (κ2) is 5.76. The molecule has 1 aliphatic heterocycles. The van der Waals surface area contributed by atoms with Gasteiger partial charge in [-0.3, -0.25) is 4.79 Å². The van der Waals surface area contributed by atoms with Gasteiger partial charge in [0.15, 0.2) is 0 Å². The number of benzene rings is 1. The number of hydrogen-bond donors (Lipinski definition) is 0. The van der Waals surface area contributed by atoms with Crippen molar-refractivity contribution < 1.29 is 14.3 Å². The molecule has 1 aliphatic rings. The lowest BCUT2D eigenvalue weighted by atomic mass is 9.97. The van der Waals surface area contributed by atoms with Crippen LogP contribution in [0.1, 0.15) is 11.3 Å². The van der Waals surface area contributed by atoms with Gasteiger partial charge in [0, 0.05) is 11.5 Å². The molecule has 1 unspecified atom stereocenters. The number of nitrogens with zero attached hydrogens (tertiary/aromatic N) is 2. The highest BCUT2D eigenvalue weighted by Crippen LogP contribution is 2.27. The molecule has 0 fully saturated rings. The van der Waals surface area contributed by atoms with Crippen LogP contribution in [-0.4, -0.2) is 22.2 Å². The summed E-state index contributed by atoms with van der Waals surface area (Å²) in [6, 6.07) is 7.69. The van der Waals surface area contributed by atoms with E-state index in [1.807, 2.05) is 24.3 Å². The molecule has 1 atom stereocenters. The van der Waals surface area contributed by atoms with E-state index in [1.165, 1.54) is 0 Å². The molecular weight excluding hydrogens is 300 g/mol. The Hall–Kier alpha value is -1.66. The highest BCUT2D eigenvalue weighted by molar-refractivity contribution is 7.10. The summed E-state index contributed by atoms with van der Waals surface area (Å²) in [4.78, 5) is 12.0. The van der Waals surface area contributed by atoms with E-state index in [1.54, 1.807) is 0 Å². The summed E-state index contributed by atoms with van der Waals surface area (Å²) in [7, 11) is 0. The Balaban J connectivity index is 1.60. The Morgan fingerprint density at radius 3 is 3.15 bits per heavy atom. The van der Waals surface area contributed by atoms with Crippen molar-refractivity contribution in [3.05, 3.63) is 39.9 Å². The lowest BCUT2D eigenvalue weighted by Crippen LogP contribution is -2.29. The monoisotopic (exact) mass is 310 g/mol. The zero-order valence-corrected chi connectivity index (χ0v) is 12.0. The predicted octanol–water partition coefficient (Wildman–Crippen LogP) is 2.49. The number of carbonyl (C=O) groups excluding carboxylic acids is 1. The number of para-hydroxylation sites is 1. The van der Waals surface area contributed by atoms with Gasteiger partial charge in [0.05, 0.1) is 5.92 Å². The minimum absolute atomic E-state index is 0.0479. The number of aromatic nitrogens is 2. The van der Waals surface area contributed by atoms with E-state index >= 15 is 0 Å². The average Bonchev–Trinajstić information content (AvgIpc) is 2.89. The molecular formula is C13H11ClN2O3S. The van der Waals surface area contributed by atoms with Crippen LogP contribution in [0, 0.1) is 5.92 Å². The van der Waals surface area contributed by atoms with Gasteiger partial charge >= 0.3 is 5.97 Å². The van der Waals surface area contributed by atoms with Crippen LogP contribution in [0.2, 0.25) is 4.34 Å². The van der Waals surface area contributed by atoms with Crippen LogP contribution in [0.4, 0.5) is 0 Å². The quantitative estimate of drug-likeness (QED) is 0.815. The lowest BCUT2D eigenvalue weighted by molar-refractivity contribution is -0.151. The van der Waals surface area contributed by atoms with Gasteiger partial charge in [-0.2, -0.15) is 0 Å². The van der Waals surface area contributed by atoms with Crippen molar-refractivity contribution >= 4 is 29.1 Å². The summed E-state index contributed by atoms with van der Waals surface area (Å²) in [6.07, 6.45) is 0.623. The minimum Gasteiger partial charge on any atom is -0.492 e. The molecule has 20 heavy (non-hydrogen) atoms. The Kier molecular flexibility index (Phi) is 3.84. The topological polar surface area (TPSA) is 61.3 Å². The summed E-state index contributed by atoms with van der Waals surface area (Å²) in [6.45, 7) is 0.380. The second-order valence-electron chi connectivity index (χ2n) is 4.42. The molecule has 104 valence electrons. The van der Waals surface area contributed by atoms with Crippen LogP contribution in [0.5, 0.6) is 5.75 Å². The van der Waals surface area contributed by atoms with Gasteiger partial charge in [-0.1, -0.05) is 34.3 Å². The van der Waals surface area contributed by atoms with Crippen molar-refractivity contribution in [2.75, 3.05) is 6.61 Å². The van der Waals surface area contributed by atoms with Gasteiger partial charge in [-0.05, 0) is 18.1 Å². The van der Waals surface area contributed by atoms with Crippen LogP contribution in [0.25, 0.3) is 0 Å². The van der Waals surface area contributed by atoms with E-state index in [2.05, 4.69) is 9.59 Å². The van der Waals surface area contributed by atoms with E-state index in [9.17, 15) is 4.79 Å². The van der Waals surface area contributed by atoms with Gasteiger partial charge in [-0.25, -0.2) is 0 Å². The highest BCUT2D eigenvalue weighted by atomic mass is 35.5. The maximum Gasteiger partial charge on any atom is 0.313 e. The third-order valence-electron chi connectivity index (χ3n) is 3.07. The van der Waals surface area contributed by atoms with Crippen LogP contribution in [-0.2, 0) is 22.6 Å². The molecule has 1 aromatic heterocycles. The summed E-state index contributed by atoms with van der Waals surface area (Å²) >= 11 is 6.92. The third kappa shape index (κ3) is 2.76. The number of ether oxygens (including phenoxy) is 2. The zero-order valence-electron chi connectivity index (χ0n) is 10.4. The zero-order chi connectivity index (χ0) is 13.9. The van der Waals surface area contributed by atoms with Crippen molar-refractivity contribution in [1.82, 2.24) is 9.59 Å². The number of carbonyl (C=O) groups is 1. The Morgan fingerprint density at radius 2 is 2.35 bits per heavy atom. The Morgan fingerprint density at radius 1 is 1.50 bits per heavy atom. The van der Waals surface area contributed by atoms with Crippen LogP contribution in [0.3, 0.4) is 0 Å². The van der Waals surface area contributed by atoms with E-state index in [-0.39, 0.29) is 18.5 Å². The lowest BCUT2D eigenvalue weighted by Gasteiger charge is -2.23.